The summed E-state index contributed by atoms with van der Waals surface area (Å²) in [5.74, 6) is -1.18. The molecule has 0 aromatic heterocycles. The van der Waals surface area contributed by atoms with Crippen molar-refractivity contribution >= 4 is 35.0 Å². The minimum absolute atomic E-state index is 0.0662. The maximum atomic E-state index is 14.2. The molecule has 5 aliphatic rings. The molecule has 0 unspecified atom stereocenters. The topological polar surface area (TPSA) is 91.0 Å². The highest BCUT2D eigenvalue weighted by atomic mass is 35.5. The first-order valence-electron chi connectivity index (χ1n) is 15.6. The van der Waals surface area contributed by atoms with Crippen LogP contribution < -0.4 is 10.6 Å². The highest BCUT2D eigenvalue weighted by Crippen LogP contribution is 2.55. The average Bonchev–Trinajstić information content (AvgIpc) is 3.59. The van der Waals surface area contributed by atoms with E-state index in [1.807, 2.05) is 12.2 Å². The summed E-state index contributed by atoms with van der Waals surface area (Å²) >= 11 is 6.14. The van der Waals surface area contributed by atoms with Gasteiger partial charge in [0.25, 0.3) is 0 Å². The summed E-state index contributed by atoms with van der Waals surface area (Å²) in [5, 5.41) is 6.80. The summed E-state index contributed by atoms with van der Waals surface area (Å²) in [6.45, 7) is 7.98. The Labute approximate surface area is 248 Å². The van der Waals surface area contributed by atoms with E-state index in [1.54, 1.807) is 29.2 Å². The Morgan fingerprint density at radius 3 is 2.66 bits per heavy atom. The molecule has 6 rings (SSSR count). The van der Waals surface area contributed by atoms with Gasteiger partial charge in [-0.1, -0.05) is 62.9 Å². The van der Waals surface area contributed by atoms with Crippen LogP contribution in [0, 0.1) is 23.7 Å². The number of benzene rings is 1. The Morgan fingerprint density at radius 2 is 1.88 bits per heavy atom. The molecule has 4 heterocycles. The molecule has 4 fully saturated rings. The molecular weight excluding hydrogens is 540 g/mol. The van der Waals surface area contributed by atoms with Crippen molar-refractivity contribution < 1.29 is 19.1 Å². The fourth-order valence-corrected chi connectivity index (χ4v) is 8.18. The smallest absolute Gasteiger partial charge is 0.246 e. The number of rotatable bonds is 8. The van der Waals surface area contributed by atoms with Gasteiger partial charge < -0.3 is 25.2 Å². The van der Waals surface area contributed by atoms with Crippen LogP contribution >= 0.6 is 11.6 Å². The van der Waals surface area contributed by atoms with Gasteiger partial charge in [0.15, 0.2) is 0 Å². The van der Waals surface area contributed by atoms with Crippen LogP contribution in [0.2, 0.25) is 5.02 Å². The van der Waals surface area contributed by atoms with E-state index in [9.17, 15) is 14.4 Å². The zero-order valence-electron chi connectivity index (χ0n) is 24.2. The van der Waals surface area contributed by atoms with Gasteiger partial charge in [0.1, 0.15) is 11.6 Å². The van der Waals surface area contributed by atoms with Crippen molar-refractivity contribution in [2.24, 2.45) is 23.7 Å². The Bertz CT molecular complexity index is 1200. The molecule has 1 aromatic carbocycles. The maximum absolute atomic E-state index is 14.2. The molecule has 8 nitrogen and oxygen atoms in total. The summed E-state index contributed by atoms with van der Waals surface area (Å²) in [4.78, 5) is 46.2. The average molecular weight is 583 g/mol. The first-order chi connectivity index (χ1) is 19.8. The summed E-state index contributed by atoms with van der Waals surface area (Å²) in [6.07, 6.45) is 10.9. The van der Waals surface area contributed by atoms with Crippen molar-refractivity contribution in [1.82, 2.24) is 15.1 Å². The molecule has 1 aliphatic carbocycles. The number of nitrogens with one attached hydrogen (secondary N) is 2. The number of carbonyl (C=O) groups is 3. The molecule has 4 aliphatic heterocycles. The minimum atomic E-state index is -1.14. The van der Waals surface area contributed by atoms with Gasteiger partial charge in [-0.3, -0.25) is 14.4 Å². The first-order valence-corrected chi connectivity index (χ1v) is 15.9. The summed E-state index contributed by atoms with van der Waals surface area (Å²) in [5.41, 5.74) is -0.571. The molecule has 3 amide bonds. The molecule has 41 heavy (non-hydrogen) atoms. The molecule has 8 atom stereocenters. The molecule has 2 N–H and O–H groups in total. The Hall–Kier alpha value is -2.42. The van der Waals surface area contributed by atoms with Crippen LogP contribution in [0.25, 0.3) is 0 Å². The number of fused-ring (bicyclic) bond motifs is 1. The second kappa shape index (κ2) is 11.7. The molecule has 1 saturated carbocycles. The second-order valence-electron chi connectivity index (χ2n) is 12.9. The second-order valence-corrected chi connectivity index (χ2v) is 13.3. The van der Waals surface area contributed by atoms with E-state index in [2.05, 4.69) is 29.4 Å². The van der Waals surface area contributed by atoms with Crippen molar-refractivity contribution in [2.45, 2.75) is 82.6 Å². The number of piperidine rings is 1. The Balaban J connectivity index is 1.25. The van der Waals surface area contributed by atoms with Crippen LogP contribution in [0.5, 0.6) is 0 Å². The number of anilines is 1. The summed E-state index contributed by atoms with van der Waals surface area (Å²) in [6, 6.07) is 6.25. The number of halogens is 1. The standard InChI is InChI=1S/C32H43ClN4O4/c1-20-9-6-12-24(21(20)2)35-30(39)28-32-14-13-25(41-32)26(29(38)34-23-11-7-10-22(33)19-23)27(32)31(40)37(28)18-8-17-36-15-4-3-5-16-36/h7,10-11,13-14,19-21,24-28H,3-6,8-9,12,15-18H2,1-2H3,(H,34,38)(H,35,39)/t20-,21-,24+,25+,26+,27+,28+,32+/m1/s1. The fraction of sp³-hybridized carbons (Fsp3) is 0.656. The highest BCUT2D eigenvalue weighted by Gasteiger charge is 2.72. The zero-order chi connectivity index (χ0) is 28.7. The number of carbonyl (C=O) groups excluding carboxylic acids is 3. The zero-order valence-corrected chi connectivity index (χ0v) is 24.9. The summed E-state index contributed by atoms with van der Waals surface area (Å²) < 4.78 is 6.52. The lowest BCUT2D eigenvalue weighted by molar-refractivity contribution is -0.141. The van der Waals surface area contributed by atoms with Crippen molar-refractivity contribution in [3.8, 4) is 0 Å². The van der Waals surface area contributed by atoms with Crippen molar-refractivity contribution in [2.75, 3.05) is 31.5 Å². The number of hydrogen-bond acceptors (Lipinski definition) is 5. The molecule has 1 aromatic rings. The number of nitrogens with zero attached hydrogens (tertiary/aromatic N) is 2. The van der Waals surface area contributed by atoms with Gasteiger partial charge in [0.2, 0.25) is 17.7 Å². The van der Waals surface area contributed by atoms with Gasteiger partial charge in [-0.25, -0.2) is 0 Å². The predicted molar refractivity (Wildman–Crippen MR) is 158 cm³/mol. The van der Waals surface area contributed by atoms with Crippen LogP contribution in [0.15, 0.2) is 36.4 Å². The molecule has 9 heteroatoms. The monoisotopic (exact) mass is 582 g/mol. The molecule has 3 saturated heterocycles. The van der Waals surface area contributed by atoms with Crippen molar-refractivity contribution in [3.63, 3.8) is 0 Å². The van der Waals surface area contributed by atoms with Crippen LogP contribution in [0.1, 0.15) is 58.8 Å². The van der Waals surface area contributed by atoms with E-state index in [0.717, 1.165) is 38.9 Å². The number of ether oxygens (including phenoxy) is 1. The lowest BCUT2D eigenvalue weighted by Crippen LogP contribution is -2.58. The number of amides is 3. The van der Waals surface area contributed by atoms with Gasteiger partial charge in [-0.05, 0) is 75.4 Å². The highest BCUT2D eigenvalue weighted by molar-refractivity contribution is 6.30. The van der Waals surface area contributed by atoms with Gasteiger partial charge in [0.05, 0.1) is 17.9 Å². The van der Waals surface area contributed by atoms with Crippen LogP contribution in [0.3, 0.4) is 0 Å². The molecule has 0 radical (unpaired) electrons. The molecule has 1 spiro atoms. The van der Waals surface area contributed by atoms with E-state index in [0.29, 0.717) is 29.1 Å². The van der Waals surface area contributed by atoms with E-state index >= 15 is 0 Å². The van der Waals surface area contributed by atoms with Gasteiger partial charge in [-0.15, -0.1) is 0 Å². The Morgan fingerprint density at radius 1 is 1.07 bits per heavy atom. The maximum Gasteiger partial charge on any atom is 0.246 e. The van der Waals surface area contributed by atoms with Gasteiger partial charge in [0, 0.05) is 23.3 Å². The lowest BCUT2D eigenvalue weighted by Gasteiger charge is -2.38. The molecule has 222 valence electrons. The van der Waals surface area contributed by atoms with Gasteiger partial charge >= 0.3 is 0 Å². The van der Waals surface area contributed by atoms with Crippen molar-refractivity contribution in [1.29, 1.82) is 0 Å². The van der Waals surface area contributed by atoms with E-state index in [-0.39, 0.29) is 23.8 Å². The molecule has 2 bridgehead atoms. The molecular formula is C32H43ClN4O4. The minimum Gasteiger partial charge on any atom is -0.359 e. The first kappa shape index (κ1) is 28.7. The largest absolute Gasteiger partial charge is 0.359 e. The Kier molecular flexibility index (Phi) is 8.18. The summed E-state index contributed by atoms with van der Waals surface area (Å²) in [7, 11) is 0. The number of hydrogen-bond donors (Lipinski definition) is 2. The van der Waals surface area contributed by atoms with E-state index in [1.165, 1.54) is 25.7 Å². The van der Waals surface area contributed by atoms with Crippen LogP contribution in [0.4, 0.5) is 5.69 Å². The SMILES string of the molecule is C[C@@H]1[C@H](C)CCC[C@@H]1NC(=O)[C@@H]1N(CCCN2CCCCC2)C(=O)[C@@H]2[C@@H](C(=O)Nc3cccc(Cl)c3)[C@@H]3C=C[C@]21O3. The lowest BCUT2D eigenvalue weighted by atomic mass is 9.73. The van der Waals surface area contributed by atoms with E-state index in [4.69, 9.17) is 16.3 Å². The number of likely N-dealkylation sites (tertiary alicyclic amines) is 2. The third-order valence-corrected chi connectivity index (χ3v) is 10.6. The third-order valence-electron chi connectivity index (χ3n) is 10.4. The van der Waals surface area contributed by atoms with Crippen LogP contribution in [-0.4, -0.2) is 77.5 Å². The quantitative estimate of drug-likeness (QED) is 0.447. The van der Waals surface area contributed by atoms with Crippen LogP contribution in [-0.2, 0) is 19.1 Å². The van der Waals surface area contributed by atoms with Gasteiger partial charge in [-0.2, -0.15) is 0 Å². The third kappa shape index (κ3) is 5.32. The fourth-order valence-electron chi connectivity index (χ4n) is 7.99. The van der Waals surface area contributed by atoms with Crippen molar-refractivity contribution in [3.05, 3.63) is 41.4 Å². The van der Waals surface area contributed by atoms with E-state index < -0.39 is 29.6 Å². The normalized spacial score (nSPS) is 36.4. The predicted octanol–water partition coefficient (Wildman–Crippen LogP) is 4.25.